The van der Waals surface area contributed by atoms with Crippen LogP contribution in [0.4, 0.5) is 0 Å². The lowest BCUT2D eigenvalue weighted by Gasteiger charge is -2.20. The van der Waals surface area contributed by atoms with Gasteiger partial charge in [0.25, 0.3) is 5.91 Å². The summed E-state index contributed by atoms with van der Waals surface area (Å²) in [7, 11) is 0. The SMILES string of the molecule is CC(O)(CO)CNC(=O)c1cc2ccccc2c(Cl)n1. The Kier molecular flexibility index (Phi) is 4.23. The maximum absolute atomic E-state index is 12.0. The maximum atomic E-state index is 12.0. The third-order valence-corrected chi connectivity index (χ3v) is 3.19. The second-order valence-corrected chi connectivity index (χ2v) is 5.22. The lowest BCUT2D eigenvalue weighted by Crippen LogP contribution is -2.43. The van der Waals surface area contributed by atoms with Gasteiger partial charge in [0, 0.05) is 11.9 Å². The van der Waals surface area contributed by atoms with Gasteiger partial charge in [0.15, 0.2) is 0 Å². The van der Waals surface area contributed by atoms with Gasteiger partial charge in [-0.2, -0.15) is 0 Å². The number of fused-ring (bicyclic) bond motifs is 1. The van der Waals surface area contributed by atoms with E-state index in [0.29, 0.717) is 0 Å². The van der Waals surface area contributed by atoms with Crippen molar-refractivity contribution in [2.24, 2.45) is 0 Å². The number of aliphatic hydroxyl groups is 2. The summed E-state index contributed by atoms with van der Waals surface area (Å²) < 4.78 is 0. The van der Waals surface area contributed by atoms with Gasteiger partial charge in [0.1, 0.15) is 16.4 Å². The fraction of sp³-hybridized carbons (Fsp3) is 0.286. The second kappa shape index (κ2) is 5.75. The van der Waals surface area contributed by atoms with Crippen LogP contribution in [0.25, 0.3) is 10.8 Å². The Labute approximate surface area is 121 Å². The van der Waals surface area contributed by atoms with Crippen molar-refractivity contribution in [2.75, 3.05) is 13.2 Å². The van der Waals surface area contributed by atoms with E-state index in [1.165, 1.54) is 6.92 Å². The number of halogens is 1. The molecule has 0 aliphatic rings. The van der Waals surface area contributed by atoms with Gasteiger partial charge in [0.05, 0.1) is 6.61 Å². The Balaban J connectivity index is 2.23. The molecule has 20 heavy (non-hydrogen) atoms. The topological polar surface area (TPSA) is 82.5 Å². The zero-order valence-electron chi connectivity index (χ0n) is 10.9. The van der Waals surface area contributed by atoms with Crippen molar-refractivity contribution in [1.29, 1.82) is 0 Å². The average molecular weight is 295 g/mol. The minimum absolute atomic E-state index is 0.0749. The largest absolute Gasteiger partial charge is 0.393 e. The van der Waals surface area contributed by atoms with Gasteiger partial charge in [-0.15, -0.1) is 0 Å². The highest BCUT2D eigenvalue weighted by atomic mass is 35.5. The van der Waals surface area contributed by atoms with E-state index in [0.717, 1.165) is 10.8 Å². The zero-order valence-corrected chi connectivity index (χ0v) is 11.7. The van der Waals surface area contributed by atoms with E-state index in [1.807, 2.05) is 24.3 Å². The summed E-state index contributed by atoms with van der Waals surface area (Å²) in [6, 6.07) is 8.97. The number of nitrogens with one attached hydrogen (secondary N) is 1. The molecule has 0 saturated heterocycles. The molecule has 0 saturated carbocycles. The van der Waals surface area contributed by atoms with Gasteiger partial charge in [-0.3, -0.25) is 4.79 Å². The summed E-state index contributed by atoms with van der Waals surface area (Å²) in [6.45, 7) is 0.904. The molecule has 5 nitrogen and oxygen atoms in total. The molecular weight excluding hydrogens is 280 g/mol. The van der Waals surface area contributed by atoms with Crippen molar-refractivity contribution in [1.82, 2.24) is 10.3 Å². The van der Waals surface area contributed by atoms with Crippen molar-refractivity contribution < 1.29 is 15.0 Å². The Morgan fingerprint density at radius 1 is 1.45 bits per heavy atom. The average Bonchev–Trinajstić information content (AvgIpc) is 2.45. The van der Waals surface area contributed by atoms with E-state index < -0.39 is 18.1 Å². The Bertz CT molecular complexity index is 643. The number of carbonyl (C=O) groups is 1. The molecular formula is C14H15ClN2O3. The number of hydrogen-bond acceptors (Lipinski definition) is 4. The van der Waals surface area contributed by atoms with Crippen molar-refractivity contribution in [3.8, 4) is 0 Å². The summed E-state index contributed by atoms with van der Waals surface area (Å²) in [4.78, 5) is 16.0. The highest BCUT2D eigenvalue weighted by molar-refractivity contribution is 6.34. The third-order valence-electron chi connectivity index (χ3n) is 2.90. The lowest BCUT2D eigenvalue weighted by molar-refractivity contribution is 0.00316. The maximum Gasteiger partial charge on any atom is 0.270 e. The molecule has 2 rings (SSSR count). The van der Waals surface area contributed by atoms with Crippen molar-refractivity contribution in [2.45, 2.75) is 12.5 Å². The minimum Gasteiger partial charge on any atom is -0.393 e. The number of pyridine rings is 1. The number of aliphatic hydroxyl groups excluding tert-OH is 1. The smallest absolute Gasteiger partial charge is 0.270 e. The van der Waals surface area contributed by atoms with Crippen LogP contribution in [0.1, 0.15) is 17.4 Å². The molecule has 1 aromatic carbocycles. The summed E-state index contributed by atoms with van der Waals surface area (Å²) >= 11 is 6.04. The normalized spacial score (nSPS) is 14.0. The van der Waals surface area contributed by atoms with Gasteiger partial charge < -0.3 is 15.5 Å². The van der Waals surface area contributed by atoms with E-state index in [9.17, 15) is 9.90 Å². The molecule has 2 aromatic rings. The summed E-state index contributed by atoms with van der Waals surface area (Å²) in [5, 5.41) is 22.9. The van der Waals surface area contributed by atoms with E-state index in [1.54, 1.807) is 6.07 Å². The lowest BCUT2D eigenvalue weighted by atomic mass is 10.1. The molecule has 106 valence electrons. The molecule has 1 atom stereocenters. The molecule has 0 aliphatic heterocycles. The molecule has 1 amide bonds. The summed E-state index contributed by atoms with van der Waals surface area (Å²) in [5.41, 5.74) is -1.20. The first kappa shape index (κ1) is 14.7. The van der Waals surface area contributed by atoms with Gasteiger partial charge in [-0.05, 0) is 18.4 Å². The summed E-state index contributed by atoms with van der Waals surface area (Å²) in [5.74, 6) is -0.452. The van der Waals surface area contributed by atoms with Crippen LogP contribution in [-0.4, -0.2) is 39.9 Å². The van der Waals surface area contributed by atoms with Crippen LogP contribution in [0.2, 0.25) is 5.15 Å². The third kappa shape index (κ3) is 3.25. The Morgan fingerprint density at radius 3 is 2.85 bits per heavy atom. The first-order chi connectivity index (χ1) is 9.43. The van der Waals surface area contributed by atoms with Crippen LogP contribution in [0, 0.1) is 0 Å². The Morgan fingerprint density at radius 2 is 2.15 bits per heavy atom. The van der Waals surface area contributed by atoms with Gasteiger partial charge in [-0.25, -0.2) is 4.98 Å². The molecule has 1 heterocycles. The molecule has 3 N–H and O–H groups in total. The number of carbonyl (C=O) groups excluding carboxylic acids is 1. The number of benzene rings is 1. The highest BCUT2D eigenvalue weighted by Gasteiger charge is 2.21. The van der Waals surface area contributed by atoms with Crippen LogP contribution in [-0.2, 0) is 0 Å². The van der Waals surface area contributed by atoms with E-state index in [4.69, 9.17) is 16.7 Å². The first-order valence-corrected chi connectivity index (χ1v) is 6.47. The predicted octanol–water partition coefficient (Wildman–Crippen LogP) is 1.36. The molecule has 0 spiro atoms. The van der Waals surface area contributed by atoms with Crippen LogP contribution >= 0.6 is 11.6 Å². The second-order valence-electron chi connectivity index (χ2n) is 4.86. The molecule has 6 heteroatoms. The molecule has 0 aliphatic carbocycles. The van der Waals surface area contributed by atoms with Crippen molar-refractivity contribution in [3.63, 3.8) is 0 Å². The Hall–Kier alpha value is -1.69. The number of amides is 1. The summed E-state index contributed by atoms with van der Waals surface area (Å²) in [6.07, 6.45) is 0. The monoisotopic (exact) mass is 294 g/mol. The number of hydrogen-bond donors (Lipinski definition) is 3. The number of nitrogens with zero attached hydrogens (tertiary/aromatic N) is 1. The van der Waals surface area contributed by atoms with Crippen LogP contribution in [0.5, 0.6) is 0 Å². The van der Waals surface area contributed by atoms with Crippen molar-refractivity contribution >= 4 is 28.3 Å². The van der Waals surface area contributed by atoms with Gasteiger partial charge in [0.2, 0.25) is 0 Å². The first-order valence-electron chi connectivity index (χ1n) is 6.10. The van der Waals surface area contributed by atoms with E-state index >= 15 is 0 Å². The fourth-order valence-electron chi connectivity index (χ4n) is 1.69. The minimum atomic E-state index is -1.36. The fourth-order valence-corrected chi connectivity index (χ4v) is 1.95. The molecule has 1 aromatic heterocycles. The van der Waals surface area contributed by atoms with E-state index in [2.05, 4.69) is 10.3 Å². The predicted molar refractivity (Wildman–Crippen MR) is 76.8 cm³/mol. The zero-order chi connectivity index (χ0) is 14.8. The van der Waals surface area contributed by atoms with E-state index in [-0.39, 0.29) is 17.4 Å². The number of aromatic nitrogens is 1. The van der Waals surface area contributed by atoms with Crippen LogP contribution in [0.15, 0.2) is 30.3 Å². The molecule has 0 bridgehead atoms. The van der Waals surface area contributed by atoms with Gasteiger partial charge in [-0.1, -0.05) is 35.9 Å². The van der Waals surface area contributed by atoms with Gasteiger partial charge >= 0.3 is 0 Å². The van der Waals surface area contributed by atoms with Crippen LogP contribution < -0.4 is 5.32 Å². The highest BCUT2D eigenvalue weighted by Crippen LogP contribution is 2.22. The van der Waals surface area contributed by atoms with Crippen molar-refractivity contribution in [3.05, 3.63) is 41.2 Å². The molecule has 1 unspecified atom stereocenters. The standard InChI is InChI=1S/C14H15ClN2O3/c1-14(20,8-18)7-16-13(19)11-6-9-4-2-3-5-10(9)12(15)17-11/h2-6,18,20H,7-8H2,1H3,(H,16,19). The molecule has 0 fully saturated rings. The molecule has 0 radical (unpaired) electrons. The quantitative estimate of drug-likeness (QED) is 0.744. The number of rotatable bonds is 4. The van der Waals surface area contributed by atoms with Crippen LogP contribution in [0.3, 0.4) is 0 Å².